The van der Waals surface area contributed by atoms with Gasteiger partial charge >= 0.3 is 0 Å². The minimum Gasteiger partial charge on any atom is -0.355 e. The number of carbonyl (C=O) groups excluding carboxylic acids is 1. The lowest BCUT2D eigenvalue weighted by molar-refractivity contribution is -0.123. The molecule has 3 aliphatic rings. The van der Waals surface area contributed by atoms with Crippen molar-refractivity contribution >= 4 is 5.91 Å². The van der Waals surface area contributed by atoms with E-state index in [4.69, 9.17) is 0 Å². The fourth-order valence-corrected chi connectivity index (χ4v) is 6.34. The maximum absolute atomic E-state index is 13.1. The molecule has 1 atom stereocenters. The van der Waals surface area contributed by atoms with Gasteiger partial charge in [0.1, 0.15) is 0 Å². The molecule has 1 N–H and O–H groups in total. The molecule has 1 spiro atoms. The van der Waals surface area contributed by atoms with Crippen molar-refractivity contribution in [3.8, 4) is 0 Å². The number of carbonyl (C=O) groups is 1. The molecule has 0 radical (unpaired) electrons. The van der Waals surface area contributed by atoms with E-state index < -0.39 is 0 Å². The molecule has 1 unspecified atom stereocenters. The Morgan fingerprint density at radius 1 is 1.12 bits per heavy atom. The van der Waals surface area contributed by atoms with Crippen molar-refractivity contribution in [2.45, 2.75) is 77.3 Å². The number of rotatable bonds is 7. The molecular formula is C27H38N4O. The van der Waals surface area contributed by atoms with Gasteiger partial charge in [-0.05, 0) is 70.0 Å². The van der Waals surface area contributed by atoms with Crippen LogP contribution in [0.25, 0.3) is 0 Å². The van der Waals surface area contributed by atoms with Gasteiger partial charge < -0.3 is 5.32 Å². The van der Waals surface area contributed by atoms with Crippen LogP contribution >= 0.6 is 0 Å². The number of piperidine rings is 1. The zero-order valence-corrected chi connectivity index (χ0v) is 19.8. The van der Waals surface area contributed by atoms with E-state index in [1.807, 2.05) is 4.68 Å². The third kappa shape index (κ3) is 4.12. The molecule has 32 heavy (non-hydrogen) atoms. The number of aromatic nitrogens is 2. The lowest BCUT2D eigenvalue weighted by Gasteiger charge is -2.33. The van der Waals surface area contributed by atoms with Gasteiger partial charge in [0, 0.05) is 42.7 Å². The number of likely N-dealkylation sites (tertiary alicyclic amines) is 1. The first-order valence-electron chi connectivity index (χ1n) is 12.6. The topological polar surface area (TPSA) is 50.2 Å². The summed E-state index contributed by atoms with van der Waals surface area (Å²) in [5, 5.41) is 7.99. The van der Waals surface area contributed by atoms with E-state index >= 15 is 0 Å². The van der Waals surface area contributed by atoms with Crippen LogP contribution in [0, 0.1) is 18.3 Å². The van der Waals surface area contributed by atoms with Gasteiger partial charge in [0.2, 0.25) is 5.91 Å². The highest BCUT2D eigenvalue weighted by atomic mass is 16.2. The number of benzene rings is 1. The van der Waals surface area contributed by atoms with E-state index in [2.05, 4.69) is 65.7 Å². The van der Waals surface area contributed by atoms with Gasteiger partial charge in [-0.15, -0.1) is 0 Å². The number of amides is 1. The van der Waals surface area contributed by atoms with Crippen molar-refractivity contribution in [3.63, 3.8) is 0 Å². The highest BCUT2D eigenvalue weighted by Crippen LogP contribution is 2.59. The molecule has 5 heteroatoms. The van der Waals surface area contributed by atoms with Crippen molar-refractivity contribution in [2.75, 3.05) is 19.6 Å². The molecule has 1 saturated heterocycles. The summed E-state index contributed by atoms with van der Waals surface area (Å²) in [5.41, 5.74) is 4.30. The van der Waals surface area contributed by atoms with Crippen LogP contribution in [0.2, 0.25) is 0 Å². The molecule has 2 aromatic rings. The molecule has 5 nitrogen and oxygen atoms in total. The standard InChI is InChI=1S/C27H38N4O/c1-3-31-19-22(21(2)29-31)18-30-15-13-26(14-16-30)17-24(26)25(32)28-20-27(11-7-8-12-27)23-9-5-4-6-10-23/h4-6,9-10,19,24H,3,7-8,11-18,20H2,1-2H3,(H,28,32). The molecule has 2 saturated carbocycles. The Hall–Kier alpha value is -2.14. The molecule has 1 aromatic heterocycles. The van der Waals surface area contributed by atoms with Crippen LogP contribution in [0.5, 0.6) is 0 Å². The van der Waals surface area contributed by atoms with E-state index in [0.29, 0.717) is 5.91 Å². The van der Waals surface area contributed by atoms with E-state index in [0.717, 1.165) is 57.7 Å². The first-order chi connectivity index (χ1) is 15.5. The molecular weight excluding hydrogens is 396 g/mol. The van der Waals surface area contributed by atoms with Crippen molar-refractivity contribution < 1.29 is 4.79 Å². The molecule has 2 aliphatic carbocycles. The third-order valence-electron chi connectivity index (χ3n) is 8.67. The van der Waals surface area contributed by atoms with Crippen LogP contribution in [0.15, 0.2) is 36.5 Å². The molecule has 2 heterocycles. The quantitative estimate of drug-likeness (QED) is 0.701. The van der Waals surface area contributed by atoms with Gasteiger partial charge in [0.25, 0.3) is 0 Å². The lowest BCUT2D eigenvalue weighted by Crippen LogP contribution is -2.41. The lowest BCUT2D eigenvalue weighted by atomic mass is 9.78. The summed E-state index contributed by atoms with van der Waals surface area (Å²) in [6.45, 7) is 9.14. The maximum atomic E-state index is 13.1. The molecule has 3 fully saturated rings. The zero-order valence-electron chi connectivity index (χ0n) is 19.8. The molecule has 1 aliphatic heterocycles. The summed E-state index contributed by atoms with van der Waals surface area (Å²) in [7, 11) is 0. The Kier molecular flexibility index (Phi) is 5.87. The molecule has 5 rings (SSSR count). The van der Waals surface area contributed by atoms with Crippen LogP contribution in [0.4, 0.5) is 0 Å². The first-order valence-corrected chi connectivity index (χ1v) is 12.6. The Balaban J connectivity index is 1.14. The second-order valence-corrected chi connectivity index (χ2v) is 10.6. The summed E-state index contributed by atoms with van der Waals surface area (Å²) in [6.07, 6.45) is 10.5. The Morgan fingerprint density at radius 3 is 2.50 bits per heavy atom. The molecule has 0 bridgehead atoms. The van der Waals surface area contributed by atoms with Crippen molar-refractivity contribution in [3.05, 3.63) is 53.3 Å². The van der Waals surface area contributed by atoms with E-state index in [1.54, 1.807) is 0 Å². The van der Waals surface area contributed by atoms with Crippen LogP contribution in [0.1, 0.15) is 68.7 Å². The molecule has 1 aromatic carbocycles. The minimum atomic E-state index is 0.142. The van der Waals surface area contributed by atoms with E-state index in [-0.39, 0.29) is 16.7 Å². The van der Waals surface area contributed by atoms with Crippen LogP contribution in [0.3, 0.4) is 0 Å². The highest BCUT2D eigenvalue weighted by Gasteiger charge is 2.58. The average Bonchev–Trinajstić information content (AvgIpc) is 3.14. The fourth-order valence-electron chi connectivity index (χ4n) is 6.34. The smallest absolute Gasteiger partial charge is 0.223 e. The number of hydrogen-bond donors (Lipinski definition) is 1. The summed E-state index contributed by atoms with van der Waals surface area (Å²) >= 11 is 0. The second-order valence-electron chi connectivity index (χ2n) is 10.6. The zero-order chi connectivity index (χ0) is 22.2. The largest absolute Gasteiger partial charge is 0.355 e. The first kappa shape index (κ1) is 21.7. The van der Waals surface area contributed by atoms with Gasteiger partial charge in [-0.25, -0.2) is 0 Å². The number of hydrogen-bond acceptors (Lipinski definition) is 3. The summed E-state index contributed by atoms with van der Waals surface area (Å²) < 4.78 is 2.03. The van der Waals surface area contributed by atoms with Gasteiger partial charge in [-0.3, -0.25) is 14.4 Å². The minimum absolute atomic E-state index is 0.142. The van der Waals surface area contributed by atoms with Crippen LogP contribution in [-0.4, -0.2) is 40.2 Å². The summed E-state index contributed by atoms with van der Waals surface area (Å²) in [5.74, 6) is 0.532. The SMILES string of the molecule is CCn1cc(CN2CCC3(CC2)CC3C(=O)NCC2(c3ccccc3)CCCC2)c(C)n1. The van der Waals surface area contributed by atoms with Crippen LogP contribution in [-0.2, 0) is 23.3 Å². The predicted molar refractivity (Wildman–Crippen MR) is 127 cm³/mol. The molecule has 1 amide bonds. The van der Waals surface area contributed by atoms with Gasteiger partial charge in [-0.1, -0.05) is 43.2 Å². The summed E-state index contributed by atoms with van der Waals surface area (Å²) in [6, 6.07) is 10.9. The number of nitrogens with one attached hydrogen (secondary N) is 1. The maximum Gasteiger partial charge on any atom is 0.223 e. The summed E-state index contributed by atoms with van der Waals surface area (Å²) in [4.78, 5) is 15.7. The average molecular weight is 435 g/mol. The Bertz CT molecular complexity index is 936. The Labute approximate surface area is 192 Å². The number of nitrogens with zero attached hydrogens (tertiary/aromatic N) is 3. The number of aryl methyl sites for hydroxylation is 2. The van der Waals surface area contributed by atoms with Crippen LogP contribution < -0.4 is 5.32 Å². The highest BCUT2D eigenvalue weighted by molar-refractivity contribution is 5.82. The third-order valence-corrected chi connectivity index (χ3v) is 8.67. The fraction of sp³-hybridized carbons (Fsp3) is 0.630. The van der Waals surface area contributed by atoms with Crippen molar-refractivity contribution in [2.24, 2.45) is 11.3 Å². The second kappa shape index (κ2) is 8.66. The predicted octanol–water partition coefficient (Wildman–Crippen LogP) is 4.44. The van der Waals surface area contributed by atoms with Crippen molar-refractivity contribution in [1.29, 1.82) is 0 Å². The monoisotopic (exact) mass is 434 g/mol. The van der Waals surface area contributed by atoms with Gasteiger partial charge in [-0.2, -0.15) is 5.10 Å². The Morgan fingerprint density at radius 2 is 1.84 bits per heavy atom. The van der Waals surface area contributed by atoms with E-state index in [9.17, 15) is 4.79 Å². The molecule has 172 valence electrons. The van der Waals surface area contributed by atoms with Gasteiger partial charge in [0.15, 0.2) is 0 Å². The van der Waals surface area contributed by atoms with Crippen molar-refractivity contribution in [1.82, 2.24) is 20.0 Å². The normalized spacial score (nSPS) is 24.0. The van der Waals surface area contributed by atoms with E-state index in [1.165, 1.54) is 36.8 Å². The van der Waals surface area contributed by atoms with Gasteiger partial charge in [0.05, 0.1) is 5.69 Å².